The molecule has 0 bridgehead atoms. The lowest BCUT2D eigenvalue weighted by Gasteiger charge is -2.06. The van der Waals surface area contributed by atoms with Crippen molar-refractivity contribution in [2.75, 3.05) is 18.1 Å². The lowest BCUT2D eigenvalue weighted by atomic mass is 10.1. The van der Waals surface area contributed by atoms with Crippen LogP contribution >= 0.6 is 0 Å². The van der Waals surface area contributed by atoms with Crippen LogP contribution in [0.3, 0.4) is 0 Å². The molecule has 2 rings (SSSR count). The Morgan fingerprint density at radius 3 is 2.62 bits per heavy atom. The van der Waals surface area contributed by atoms with Crippen LogP contribution in [0, 0.1) is 0 Å². The van der Waals surface area contributed by atoms with E-state index in [0.717, 1.165) is 19.4 Å². The Morgan fingerprint density at radius 2 is 2.00 bits per heavy atom. The highest BCUT2D eigenvalue weighted by Gasteiger charge is 2.29. The SMILES string of the molecule is O=S1(=O)CC[C@@H]([NH2+]CCc2ccccc2)C1. The number of rotatable bonds is 4. The van der Waals surface area contributed by atoms with Gasteiger partial charge in [-0.3, -0.25) is 0 Å². The van der Waals surface area contributed by atoms with E-state index in [4.69, 9.17) is 0 Å². The zero-order valence-corrected chi connectivity index (χ0v) is 10.1. The highest BCUT2D eigenvalue weighted by molar-refractivity contribution is 7.91. The third-order valence-electron chi connectivity index (χ3n) is 3.04. The quantitative estimate of drug-likeness (QED) is 0.804. The lowest BCUT2D eigenvalue weighted by Crippen LogP contribution is -2.90. The molecule has 1 aliphatic rings. The highest BCUT2D eigenvalue weighted by atomic mass is 32.2. The summed E-state index contributed by atoms with van der Waals surface area (Å²) in [4.78, 5) is 0. The van der Waals surface area contributed by atoms with E-state index in [2.05, 4.69) is 17.4 Å². The predicted molar refractivity (Wildman–Crippen MR) is 64.0 cm³/mol. The third kappa shape index (κ3) is 3.32. The molecule has 88 valence electrons. The van der Waals surface area contributed by atoms with Gasteiger partial charge in [0.15, 0.2) is 9.84 Å². The second kappa shape index (κ2) is 4.97. The fourth-order valence-corrected chi connectivity index (χ4v) is 3.92. The first-order chi connectivity index (χ1) is 7.66. The summed E-state index contributed by atoms with van der Waals surface area (Å²) in [6.07, 6.45) is 1.83. The lowest BCUT2D eigenvalue weighted by molar-refractivity contribution is -0.683. The van der Waals surface area contributed by atoms with Crippen LogP contribution in [0.25, 0.3) is 0 Å². The maximum Gasteiger partial charge on any atom is 0.156 e. The molecule has 0 radical (unpaired) electrons. The van der Waals surface area contributed by atoms with Gasteiger partial charge in [-0.25, -0.2) is 8.42 Å². The topological polar surface area (TPSA) is 50.8 Å². The van der Waals surface area contributed by atoms with Crippen LogP contribution in [0.1, 0.15) is 12.0 Å². The van der Waals surface area contributed by atoms with Gasteiger partial charge < -0.3 is 5.32 Å². The molecule has 1 aliphatic heterocycles. The van der Waals surface area contributed by atoms with Crippen LogP contribution in [-0.2, 0) is 16.3 Å². The molecule has 0 amide bonds. The molecular weight excluding hydrogens is 222 g/mol. The summed E-state index contributed by atoms with van der Waals surface area (Å²) < 4.78 is 22.5. The Labute approximate surface area is 96.8 Å². The summed E-state index contributed by atoms with van der Waals surface area (Å²) in [5.74, 6) is 0.737. The molecule has 1 aromatic rings. The Kier molecular flexibility index (Phi) is 3.61. The van der Waals surface area contributed by atoms with Crippen LogP contribution in [-0.4, -0.2) is 32.5 Å². The fraction of sp³-hybridized carbons (Fsp3) is 0.500. The first-order valence-electron chi connectivity index (χ1n) is 5.73. The van der Waals surface area contributed by atoms with Gasteiger partial charge in [0, 0.05) is 12.8 Å². The molecule has 2 N–H and O–H groups in total. The van der Waals surface area contributed by atoms with Gasteiger partial charge in [-0.1, -0.05) is 30.3 Å². The Balaban J connectivity index is 1.74. The number of hydrogen-bond donors (Lipinski definition) is 1. The van der Waals surface area contributed by atoms with Gasteiger partial charge in [0.2, 0.25) is 0 Å². The first kappa shape index (κ1) is 11.6. The van der Waals surface area contributed by atoms with Crippen molar-refractivity contribution >= 4 is 9.84 Å². The molecule has 1 aromatic carbocycles. The fourth-order valence-electron chi connectivity index (χ4n) is 2.14. The molecule has 0 unspecified atom stereocenters. The minimum Gasteiger partial charge on any atom is -0.343 e. The standard InChI is InChI=1S/C12H17NO2S/c14-16(15)9-7-12(10-16)13-8-6-11-4-2-1-3-5-11/h1-5,12-13H,6-10H2/p+1/t12-/m1/s1. The van der Waals surface area contributed by atoms with Gasteiger partial charge >= 0.3 is 0 Å². The number of hydrogen-bond acceptors (Lipinski definition) is 2. The molecule has 3 nitrogen and oxygen atoms in total. The number of quaternary nitrogens is 1. The van der Waals surface area contributed by atoms with E-state index in [1.165, 1.54) is 5.56 Å². The number of benzene rings is 1. The molecule has 0 spiro atoms. The third-order valence-corrected chi connectivity index (χ3v) is 4.84. The smallest absolute Gasteiger partial charge is 0.156 e. The van der Waals surface area contributed by atoms with Crippen LogP contribution in [0.4, 0.5) is 0 Å². The van der Waals surface area contributed by atoms with E-state index < -0.39 is 9.84 Å². The van der Waals surface area contributed by atoms with Crippen molar-refractivity contribution in [3.05, 3.63) is 35.9 Å². The first-order valence-corrected chi connectivity index (χ1v) is 7.55. The Morgan fingerprint density at radius 1 is 1.25 bits per heavy atom. The van der Waals surface area contributed by atoms with Crippen LogP contribution in [0.5, 0.6) is 0 Å². The average Bonchev–Trinajstić information content (AvgIpc) is 2.60. The van der Waals surface area contributed by atoms with E-state index in [-0.39, 0.29) is 6.04 Å². The van der Waals surface area contributed by atoms with Crippen LogP contribution in [0.2, 0.25) is 0 Å². The normalized spacial score (nSPS) is 23.4. The maximum atomic E-state index is 11.3. The number of sulfone groups is 1. The van der Waals surface area contributed by atoms with Gasteiger partial charge in [-0.05, 0) is 5.56 Å². The molecule has 1 atom stereocenters. The van der Waals surface area contributed by atoms with E-state index in [1.54, 1.807) is 0 Å². The molecule has 16 heavy (non-hydrogen) atoms. The van der Waals surface area contributed by atoms with E-state index >= 15 is 0 Å². The predicted octanol–water partition coefficient (Wildman–Crippen LogP) is -0.0204. The van der Waals surface area contributed by atoms with Gasteiger partial charge in [0.25, 0.3) is 0 Å². The van der Waals surface area contributed by atoms with Crippen molar-refractivity contribution in [3.63, 3.8) is 0 Å². The summed E-state index contributed by atoms with van der Waals surface area (Å²) >= 11 is 0. The molecule has 0 saturated carbocycles. The summed E-state index contributed by atoms with van der Waals surface area (Å²) in [6.45, 7) is 0.976. The minimum atomic E-state index is -2.72. The van der Waals surface area contributed by atoms with Gasteiger partial charge in [-0.2, -0.15) is 0 Å². The van der Waals surface area contributed by atoms with Crippen molar-refractivity contribution < 1.29 is 13.7 Å². The summed E-state index contributed by atoms with van der Waals surface area (Å²) in [5.41, 5.74) is 1.32. The molecule has 1 heterocycles. The summed E-state index contributed by atoms with van der Waals surface area (Å²) in [7, 11) is -2.72. The summed E-state index contributed by atoms with van der Waals surface area (Å²) in [5, 5.41) is 2.18. The van der Waals surface area contributed by atoms with Crippen molar-refractivity contribution in [2.24, 2.45) is 0 Å². The van der Waals surface area contributed by atoms with E-state index in [1.807, 2.05) is 18.2 Å². The molecule has 4 heteroatoms. The highest BCUT2D eigenvalue weighted by Crippen LogP contribution is 2.07. The Bertz CT molecular complexity index is 428. The van der Waals surface area contributed by atoms with Crippen molar-refractivity contribution in [1.29, 1.82) is 0 Å². The van der Waals surface area contributed by atoms with Gasteiger partial charge in [-0.15, -0.1) is 0 Å². The van der Waals surface area contributed by atoms with Gasteiger partial charge in [0.05, 0.1) is 12.3 Å². The van der Waals surface area contributed by atoms with Gasteiger partial charge in [0.1, 0.15) is 11.8 Å². The molecule has 0 aliphatic carbocycles. The van der Waals surface area contributed by atoms with Crippen molar-refractivity contribution in [3.8, 4) is 0 Å². The second-order valence-electron chi connectivity index (χ2n) is 4.42. The van der Waals surface area contributed by atoms with E-state index in [9.17, 15) is 8.42 Å². The second-order valence-corrected chi connectivity index (χ2v) is 6.65. The minimum absolute atomic E-state index is 0.286. The van der Waals surface area contributed by atoms with Crippen LogP contribution < -0.4 is 5.32 Å². The monoisotopic (exact) mass is 240 g/mol. The molecule has 1 fully saturated rings. The van der Waals surface area contributed by atoms with Crippen LogP contribution in [0.15, 0.2) is 30.3 Å². The molecular formula is C12H18NO2S+. The number of nitrogens with two attached hydrogens (primary N) is 1. The molecule has 0 aromatic heterocycles. The zero-order valence-electron chi connectivity index (χ0n) is 9.30. The van der Waals surface area contributed by atoms with Crippen molar-refractivity contribution in [2.45, 2.75) is 18.9 Å². The zero-order chi connectivity index (χ0) is 11.4. The maximum absolute atomic E-state index is 11.3. The summed E-state index contributed by atoms with van der Waals surface area (Å²) in [6, 6.07) is 10.6. The largest absolute Gasteiger partial charge is 0.343 e. The molecule has 1 saturated heterocycles. The van der Waals surface area contributed by atoms with E-state index in [0.29, 0.717) is 11.5 Å². The Hall–Kier alpha value is -0.870. The van der Waals surface area contributed by atoms with Crippen molar-refractivity contribution in [1.82, 2.24) is 0 Å². The average molecular weight is 240 g/mol.